The average Bonchev–Trinajstić information content (AvgIpc) is 2.17. The maximum Gasteiger partial charge on any atom is 0.158 e. The van der Waals surface area contributed by atoms with Crippen LogP contribution >= 0.6 is 0 Å². The molecule has 0 spiro atoms. The number of Topliss-reactive ketones (excluding diaryl/α,β-unsaturated/α-hetero) is 1. The van der Waals surface area contributed by atoms with Crippen molar-refractivity contribution in [1.29, 1.82) is 0 Å². The zero-order chi connectivity index (χ0) is 10.1. The fraction of sp³-hybridized carbons (Fsp3) is 0.750. The van der Waals surface area contributed by atoms with E-state index in [9.17, 15) is 4.79 Å². The van der Waals surface area contributed by atoms with Gasteiger partial charge in [0.2, 0.25) is 0 Å². The van der Waals surface area contributed by atoms with Crippen LogP contribution in [0.25, 0.3) is 0 Å². The Morgan fingerprint density at radius 2 is 1.77 bits per heavy atom. The minimum atomic E-state index is 0.319. The van der Waals surface area contributed by atoms with Crippen molar-refractivity contribution in [3.63, 3.8) is 0 Å². The molecule has 76 valence electrons. The maximum absolute atomic E-state index is 11.3. The number of carbonyl (C=O) groups excluding carboxylic acids is 1. The molecular formula is C12H22O. The molecule has 13 heavy (non-hydrogen) atoms. The standard InChI is InChI=1S/C12H22O/c1-4-7-8-9-10-11(5-2)12(13)6-3/h10H,4-9H2,1-3H3. The molecule has 0 aromatic heterocycles. The number of hydrogen-bond donors (Lipinski definition) is 0. The Labute approximate surface area is 82.2 Å². The van der Waals surface area contributed by atoms with E-state index in [1.807, 2.05) is 6.92 Å². The third-order valence-electron chi connectivity index (χ3n) is 2.26. The number of unbranched alkanes of at least 4 members (excludes halogenated alkanes) is 3. The minimum Gasteiger partial charge on any atom is -0.295 e. The second-order valence-electron chi connectivity index (χ2n) is 3.36. The summed E-state index contributed by atoms with van der Waals surface area (Å²) in [6.07, 6.45) is 8.47. The van der Waals surface area contributed by atoms with Crippen molar-refractivity contribution in [1.82, 2.24) is 0 Å². The summed E-state index contributed by atoms with van der Waals surface area (Å²) in [5.74, 6) is 0.319. The van der Waals surface area contributed by atoms with E-state index < -0.39 is 0 Å². The van der Waals surface area contributed by atoms with Gasteiger partial charge in [0.05, 0.1) is 0 Å². The number of carbonyl (C=O) groups is 1. The lowest BCUT2D eigenvalue weighted by molar-refractivity contribution is -0.115. The summed E-state index contributed by atoms with van der Waals surface area (Å²) in [7, 11) is 0. The lowest BCUT2D eigenvalue weighted by Gasteiger charge is -2.01. The topological polar surface area (TPSA) is 17.1 Å². The number of allylic oxidation sites excluding steroid dienone is 2. The smallest absolute Gasteiger partial charge is 0.158 e. The van der Waals surface area contributed by atoms with Crippen molar-refractivity contribution < 1.29 is 4.79 Å². The number of rotatable bonds is 7. The first-order valence-corrected chi connectivity index (χ1v) is 5.48. The SMILES string of the molecule is CCCCCC=C(CC)C(=O)CC. The summed E-state index contributed by atoms with van der Waals surface area (Å²) in [6.45, 7) is 6.18. The van der Waals surface area contributed by atoms with Crippen molar-refractivity contribution in [2.75, 3.05) is 0 Å². The van der Waals surface area contributed by atoms with Gasteiger partial charge >= 0.3 is 0 Å². The van der Waals surface area contributed by atoms with Gasteiger partial charge in [-0.2, -0.15) is 0 Å². The highest BCUT2D eigenvalue weighted by Crippen LogP contribution is 2.09. The van der Waals surface area contributed by atoms with E-state index >= 15 is 0 Å². The summed E-state index contributed by atoms with van der Waals surface area (Å²) in [4.78, 5) is 11.3. The third kappa shape index (κ3) is 5.62. The summed E-state index contributed by atoms with van der Waals surface area (Å²) >= 11 is 0. The lowest BCUT2D eigenvalue weighted by atomic mass is 10.0. The monoisotopic (exact) mass is 182 g/mol. The van der Waals surface area contributed by atoms with Gasteiger partial charge in [-0.1, -0.05) is 39.7 Å². The molecule has 0 radical (unpaired) electrons. The molecule has 0 rings (SSSR count). The summed E-state index contributed by atoms with van der Waals surface area (Å²) in [5.41, 5.74) is 1.03. The molecule has 0 aromatic carbocycles. The quantitative estimate of drug-likeness (QED) is 0.431. The molecule has 0 heterocycles. The van der Waals surface area contributed by atoms with Crippen LogP contribution in [0, 0.1) is 0 Å². The van der Waals surface area contributed by atoms with E-state index in [0.29, 0.717) is 12.2 Å². The van der Waals surface area contributed by atoms with Gasteiger partial charge in [-0.25, -0.2) is 0 Å². The third-order valence-corrected chi connectivity index (χ3v) is 2.26. The molecule has 0 N–H and O–H groups in total. The highest BCUT2D eigenvalue weighted by Gasteiger charge is 2.02. The van der Waals surface area contributed by atoms with Gasteiger partial charge < -0.3 is 0 Å². The van der Waals surface area contributed by atoms with Crippen LogP contribution in [0.2, 0.25) is 0 Å². The first-order valence-electron chi connectivity index (χ1n) is 5.48. The van der Waals surface area contributed by atoms with Crippen molar-refractivity contribution >= 4 is 5.78 Å². The predicted octanol–water partition coefficient (Wildman–Crippen LogP) is 3.88. The van der Waals surface area contributed by atoms with Crippen molar-refractivity contribution in [2.24, 2.45) is 0 Å². The molecule has 0 saturated heterocycles. The van der Waals surface area contributed by atoms with Gasteiger partial charge in [0, 0.05) is 6.42 Å². The van der Waals surface area contributed by atoms with E-state index in [0.717, 1.165) is 18.4 Å². The van der Waals surface area contributed by atoms with Crippen LogP contribution in [0.3, 0.4) is 0 Å². The van der Waals surface area contributed by atoms with Crippen LogP contribution in [0.4, 0.5) is 0 Å². The normalized spacial score (nSPS) is 11.8. The molecule has 0 unspecified atom stereocenters. The zero-order valence-corrected chi connectivity index (χ0v) is 9.23. The molecule has 1 heteroatoms. The molecule has 0 saturated carbocycles. The minimum absolute atomic E-state index is 0.319. The van der Waals surface area contributed by atoms with Crippen LogP contribution < -0.4 is 0 Å². The van der Waals surface area contributed by atoms with Crippen molar-refractivity contribution in [2.45, 2.75) is 59.3 Å². The lowest BCUT2D eigenvalue weighted by Crippen LogP contribution is -1.99. The second-order valence-corrected chi connectivity index (χ2v) is 3.36. The van der Waals surface area contributed by atoms with Gasteiger partial charge in [-0.3, -0.25) is 4.79 Å². The first kappa shape index (κ1) is 12.4. The highest BCUT2D eigenvalue weighted by molar-refractivity contribution is 5.94. The fourth-order valence-electron chi connectivity index (χ4n) is 1.35. The molecule has 0 aliphatic rings. The number of ketones is 1. The summed E-state index contributed by atoms with van der Waals surface area (Å²) in [5, 5.41) is 0. The Morgan fingerprint density at radius 3 is 2.23 bits per heavy atom. The van der Waals surface area contributed by atoms with Gasteiger partial charge in [-0.05, 0) is 24.8 Å². The molecule has 0 atom stereocenters. The van der Waals surface area contributed by atoms with Crippen LogP contribution in [0.15, 0.2) is 11.6 Å². The van der Waals surface area contributed by atoms with Gasteiger partial charge in [0.1, 0.15) is 0 Å². The Kier molecular flexibility index (Phi) is 7.66. The Bertz CT molecular complexity index is 168. The molecule has 0 fully saturated rings. The molecule has 0 aliphatic heterocycles. The predicted molar refractivity (Wildman–Crippen MR) is 57.8 cm³/mol. The van der Waals surface area contributed by atoms with Gasteiger partial charge in [0.15, 0.2) is 5.78 Å². The average molecular weight is 182 g/mol. The maximum atomic E-state index is 11.3. The Morgan fingerprint density at radius 1 is 1.08 bits per heavy atom. The fourth-order valence-corrected chi connectivity index (χ4v) is 1.35. The number of hydrogen-bond acceptors (Lipinski definition) is 1. The van der Waals surface area contributed by atoms with Crippen LogP contribution in [0.5, 0.6) is 0 Å². The Balaban J connectivity index is 3.85. The van der Waals surface area contributed by atoms with E-state index in [2.05, 4.69) is 19.9 Å². The van der Waals surface area contributed by atoms with Gasteiger partial charge in [0.25, 0.3) is 0 Å². The molecule has 0 amide bonds. The van der Waals surface area contributed by atoms with E-state index in [-0.39, 0.29) is 0 Å². The summed E-state index contributed by atoms with van der Waals surface area (Å²) < 4.78 is 0. The van der Waals surface area contributed by atoms with Gasteiger partial charge in [-0.15, -0.1) is 0 Å². The molecule has 0 bridgehead atoms. The van der Waals surface area contributed by atoms with Crippen LogP contribution in [0.1, 0.15) is 59.3 Å². The second kappa shape index (κ2) is 8.03. The molecule has 0 aliphatic carbocycles. The van der Waals surface area contributed by atoms with Crippen LogP contribution in [-0.2, 0) is 4.79 Å². The van der Waals surface area contributed by atoms with Crippen molar-refractivity contribution in [3.05, 3.63) is 11.6 Å². The van der Waals surface area contributed by atoms with E-state index in [1.165, 1.54) is 19.3 Å². The highest BCUT2D eigenvalue weighted by atomic mass is 16.1. The summed E-state index contributed by atoms with van der Waals surface area (Å²) in [6, 6.07) is 0. The first-order chi connectivity index (χ1) is 6.26. The molecule has 0 aromatic rings. The van der Waals surface area contributed by atoms with Crippen molar-refractivity contribution in [3.8, 4) is 0 Å². The Hall–Kier alpha value is -0.590. The van der Waals surface area contributed by atoms with Crippen LogP contribution in [-0.4, -0.2) is 5.78 Å². The zero-order valence-electron chi connectivity index (χ0n) is 9.23. The molecule has 1 nitrogen and oxygen atoms in total. The van der Waals surface area contributed by atoms with E-state index in [1.54, 1.807) is 0 Å². The molecular weight excluding hydrogens is 160 g/mol. The van der Waals surface area contributed by atoms with E-state index in [4.69, 9.17) is 0 Å². The largest absolute Gasteiger partial charge is 0.295 e.